The largest absolute Gasteiger partial charge is 0.389 e. The predicted octanol–water partition coefficient (Wildman–Crippen LogP) is 2.38. The Morgan fingerprint density at radius 2 is 2.28 bits per heavy atom. The van der Waals surface area contributed by atoms with Crippen molar-refractivity contribution in [2.75, 3.05) is 19.3 Å². The van der Waals surface area contributed by atoms with Gasteiger partial charge in [0.15, 0.2) is 0 Å². The fourth-order valence-electron chi connectivity index (χ4n) is 2.09. The van der Waals surface area contributed by atoms with Gasteiger partial charge in [0.1, 0.15) is 0 Å². The topological polar surface area (TPSA) is 40.5 Å². The standard InChI is InChI=1S/C13H19NO2S2/c1-13(2,16)8-14(3)12(15)11-6-9-7-17-5-4-10(9)18-11/h6,16H,4-5,7-8H2,1-3H3. The molecule has 5 heteroatoms. The maximum absolute atomic E-state index is 12.3. The maximum atomic E-state index is 12.3. The molecule has 1 N–H and O–H groups in total. The van der Waals surface area contributed by atoms with Crippen LogP contribution in [0.4, 0.5) is 0 Å². The van der Waals surface area contributed by atoms with Crippen molar-refractivity contribution in [3.05, 3.63) is 21.4 Å². The van der Waals surface area contributed by atoms with E-state index in [9.17, 15) is 9.90 Å². The molecule has 3 nitrogen and oxygen atoms in total. The number of amides is 1. The highest BCUT2D eigenvalue weighted by atomic mass is 32.2. The number of thiophene rings is 1. The molecule has 0 spiro atoms. The van der Waals surface area contributed by atoms with Crippen molar-refractivity contribution in [3.63, 3.8) is 0 Å². The van der Waals surface area contributed by atoms with E-state index in [1.54, 1.807) is 37.1 Å². The molecule has 1 aromatic rings. The Morgan fingerprint density at radius 3 is 2.89 bits per heavy atom. The molecule has 100 valence electrons. The van der Waals surface area contributed by atoms with Gasteiger partial charge in [0.25, 0.3) is 5.91 Å². The van der Waals surface area contributed by atoms with E-state index in [1.807, 2.05) is 17.8 Å². The maximum Gasteiger partial charge on any atom is 0.263 e. The van der Waals surface area contributed by atoms with E-state index < -0.39 is 5.60 Å². The number of likely N-dealkylation sites (N-methyl/N-ethyl adjacent to an activating group) is 1. The Balaban J connectivity index is 2.11. The minimum atomic E-state index is -0.850. The van der Waals surface area contributed by atoms with Crippen molar-refractivity contribution in [1.29, 1.82) is 0 Å². The molecule has 2 heterocycles. The van der Waals surface area contributed by atoms with Gasteiger partial charge in [0, 0.05) is 24.2 Å². The number of aliphatic hydroxyl groups is 1. The summed E-state index contributed by atoms with van der Waals surface area (Å²) in [5.41, 5.74) is 0.466. The lowest BCUT2D eigenvalue weighted by atomic mass is 10.1. The second-order valence-electron chi connectivity index (χ2n) is 5.34. The minimum absolute atomic E-state index is 0.0153. The molecule has 0 aromatic carbocycles. The van der Waals surface area contributed by atoms with Crippen molar-refractivity contribution < 1.29 is 9.90 Å². The van der Waals surface area contributed by atoms with Crippen molar-refractivity contribution >= 4 is 29.0 Å². The SMILES string of the molecule is CN(CC(C)(C)O)C(=O)c1cc2c(s1)CCSC2. The lowest BCUT2D eigenvalue weighted by Gasteiger charge is -2.25. The number of nitrogens with zero attached hydrogens (tertiary/aromatic N) is 1. The molecule has 1 aromatic heterocycles. The van der Waals surface area contributed by atoms with E-state index in [2.05, 4.69) is 0 Å². The van der Waals surface area contributed by atoms with Gasteiger partial charge in [-0.1, -0.05) is 0 Å². The zero-order valence-corrected chi connectivity index (χ0v) is 12.7. The van der Waals surface area contributed by atoms with Gasteiger partial charge in [-0.3, -0.25) is 4.79 Å². The van der Waals surface area contributed by atoms with Gasteiger partial charge in [-0.25, -0.2) is 0 Å². The van der Waals surface area contributed by atoms with Crippen LogP contribution in [0.3, 0.4) is 0 Å². The highest BCUT2D eigenvalue weighted by molar-refractivity contribution is 7.98. The second-order valence-corrected chi connectivity index (χ2v) is 7.58. The number of hydrogen-bond donors (Lipinski definition) is 1. The molecule has 0 bridgehead atoms. The number of fused-ring (bicyclic) bond motifs is 1. The van der Waals surface area contributed by atoms with Crippen molar-refractivity contribution in [3.8, 4) is 0 Å². The first-order valence-corrected chi connectivity index (χ1v) is 8.01. The third kappa shape index (κ3) is 3.28. The molecule has 0 saturated heterocycles. The van der Waals surface area contributed by atoms with Gasteiger partial charge >= 0.3 is 0 Å². The number of rotatable bonds is 3. The van der Waals surface area contributed by atoms with E-state index in [0.29, 0.717) is 6.54 Å². The lowest BCUT2D eigenvalue weighted by molar-refractivity contribution is 0.0370. The van der Waals surface area contributed by atoms with Crippen molar-refractivity contribution in [1.82, 2.24) is 4.90 Å². The van der Waals surface area contributed by atoms with Crippen molar-refractivity contribution in [2.24, 2.45) is 0 Å². The lowest BCUT2D eigenvalue weighted by Crippen LogP contribution is -2.39. The predicted molar refractivity (Wildman–Crippen MR) is 77.4 cm³/mol. The van der Waals surface area contributed by atoms with Gasteiger partial charge in [-0.05, 0) is 37.7 Å². The highest BCUT2D eigenvalue weighted by Gasteiger charge is 2.23. The van der Waals surface area contributed by atoms with Crippen LogP contribution in [-0.2, 0) is 12.2 Å². The molecule has 0 aliphatic carbocycles. The summed E-state index contributed by atoms with van der Waals surface area (Å²) in [5, 5.41) is 9.75. The number of carbonyl (C=O) groups is 1. The van der Waals surface area contributed by atoms with Crippen LogP contribution in [0.1, 0.15) is 34.0 Å². The molecule has 0 fully saturated rings. The number of carbonyl (C=O) groups excluding carboxylic acids is 1. The summed E-state index contributed by atoms with van der Waals surface area (Å²) in [6.45, 7) is 3.78. The van der Waals surface area contributed by atoms with Crippen LogP contribution in [-0.4, -0.2) is 40.9 Å². The van der Waals surface area contributed by atoms with Crippen LogP contribution >= 0.6 is 23.1 Å². The van der Waals surface area contributed by atoms with Crippen LogP contribution in [0.2, 0.25) is 0 Å². The Morgan fingerprint density at radius 1 is 1.56 bits per heavy atom. The van der Waals surface area contributed by atoms with E-state index in [4.69, 9.17) is 0 Å². The third-order valence-corrected chi connectivity index (χ3v) is 5.04. The molecule has 0 radical (unpaired) electrons. The minimum Gasteiger partial charge on any atom is -0.389 e. The Kier molecular flexibility index (Phi) is 4.04. The number of hydrogen-bond acceptors (Lipinski definition) is 4. The summed E-state index contributed by atoms with van der Waals surface area (Å²) in [4.78, 5) is 16.0. The average molecular weight is 285 g/mol. The number of aryl methyl sites for hydroxylation is 1. The van der Waals surface area contributed by atoms with Gasteiger partial charge in [-0.15, -0.1) is 11.3 Å². The Bertz CT molecular complexity index is 425. The monoisotopic (exact) mass is 285 g/mol. The molecule has 18 heavy (non-hydrogen) atoms. The van der Waals surface area contributed by atoms with Crippen LogP contribution in [0.15, 0.2) is 6.07 Å². The van der Waals surface area contributed by atoms with E-state index >= 15 is 0 Å². The van der Waals surface area contributed by atoms with Gasteiger partial charge in [-0.2, -0.15) is 11.8 Å². The van der Waals surface area contributed by atoms with Crippen LogP contribution in [0.5, 0.6) is 0 Å². The molecule has 0 saturated carbocycles. The summed E-state index contributed by atoms with van der Waals surface area (Å²) in [6.07, 6.45) is 1.08. The highest BCUT2D eigenvalue weighted by Crippen LogP contribution is 2.32. The summed E-state index contributed by atoms with van der Waals surface area (Å²) in [7, 11) is 1.74. The molecule has 0 atom stereocenters. The van der Waals surface area contributed by atoms with E-state index in [-0.39, 0.29) is 5.91 Å². The first kappa shape index (κ1) is 13.9. The molecular formula is C13H19NO2S2. The smallest absolute Gasteiger partial charge is 0.263 e. The summed E-state index contributed by atoms with van der Waals surface area (Å²) in [5.74, 6) is 2.19. The average Bonchev–Trinajstić information content (AvgIpc) is 2.68. The quantitative estimate of drug-likeness (QED) is 0.927. The summed E-state index contributed by atoms with van der Waals surface area (Å²) < 4.78 is 0. The van der Waals surface area contributed by atoms with Crippen LogP contribution in [0.25, 0.3) is 0 Å². The zero-order valence-electron chi connectivity index (χ0n) is 11.0. The third-order valence-electron chi connectivity index (χ3n) is 2.81. The fourth-order valence-corrected chi connectivity index (χ4v) is 4.46. The van der Waals surface area contributed by atoms with Gasteiger partial charge in [0.05, 0.1) is 10.5 Å². The number of thioether (sulfide) groups is 1. The first-order valence-electron chi connectivity index (χ1n) is 6.04. The normalized spacial score (nSPS) is 15.3. The Labute approximate surface area is 116 Å². The van der Waals surface area contributed by atoms with Crippen LogP contribution < -0.4 is 0 Å². The van der Waals surface area contributed by atoms with Crippen molar-refractivity contribution in [2.45, 2.75) is 31.6 Å². The van der Waals surface area contributed by atoms with E-state index in [0.717, 1.165) is 22.8 Å². The van der Waals surface area contributed by atoms with Crippen LogP contribution in [0, 0.1) is 0 Å². The summed E-state index contributed by atoms with van der Waals surface area (Å²) in [6, 6.07) is 2.02. The zero-order chi connectivity index (χ0) is 13.3. The first-order chi connectivity index (χ1) is 8.37. The van der Waals surface area contributed by atoms with Gasteiger partial charge < -0.3 is 10.0 Å². The summed E-state index contributed by atoms with van der Waals surface area (Å²) >= 11 is 3.53. The molecule has 1 aliphatic rings. The fraction of sp³-hybridized carbons (Fsp3) is 0.615. The van der Waals surface area contributed by atoms with Gasteiger partial charge in [0.2, 0.25) is 0 Å². The molecular weight excluding hydrogens is 266 g/mol. The Hall–Kier alpha value is -0.520. The second kappa shape index (κ2) is 5.23. The molecule has 0 unspecified atom stereocenters. The molecule has 1 aliphatic heterocycles. The van der Waals surface area contributed by atoms with E-state index in [1.165, 1.54) is 10.4 Å². The molecule has 1 amide bonds. The molecule has 2 rings (SSSR count).